The number of fused-ring (bicyclic) bond motifs is 1. The number of hydrogen-bond donors (Lipinski definition) is 2. The summed E-state index contributed by atoms with van der Waals surface area (Å²) < 4.78 is 0. The van der Waals surface area contributed by atoms with Crippen molar-refractivity contribution in [2.45, 2.75) is 92.1 Å². The van der Waals surface area contributed by atoms with Crippen LogP contribution in [0.5, 0.6) is 0 Å². The van der Waals surface area contributed by atoms with Crippen molar-refractivity contribution in [1.29, 1.82) is 0 Å². The third-order valence-electron chi connectivity index (χ3n) is 8.76. The molecule has 0 saturated heterocycles. The molecule has 0 heterocycles. The molecule has 2 nitrogen and oxygen atoms in total. The van der Waals surface area contributed by atoms with Gasteiger partial charge in [-0.15, -0.1) is 0 Å². The van der Waals surface area contributed by atoms with Crippen LogP contribution in [0.15, 0.2) is 47.3 Å². The normalized spacial score (nSPS) is 37.6. The van der Waals surface area contributed by atoms with Crippen LogP contribution in [0.25, 0.3) is 0 Å². The second-order valence-corrected chi connectivity index (χ2v) is 11.0. The molecule has 0 spiro atoms. The van der Waals surface area contributed by atoms with Crippen LogP contribution in [0, 0.1) is 35.0 Å². The first-order chi connectivity index (χ1) is 14.1. The predicted molar refractivity (Wildman–Crippen MR) is 127 cm³/mol. The highest BCUT2D eigenvalue weighted by Crippen LogP contribution is 2.59. The first-order valence-electron chi connectivity index (χ1n) is 12.3. The van der Waals surface area contributed by atoms with Crippen molar-refractivity contribution in [3.8, 4) is 0 Å². The van der Waals surface area contributed by atoms with E-state index < -0.39 is 0 Å². The van der Waals surface area contributed by atoms with Gasteiger partial charge in [-0.2, -0.15) is 0 Å². The van der Waals surface area contributed by atoms with Gasteiger partial charge in [0, 0.05) is 5.92 Å². The molecular weight excluding hydrogens is 368 g/mol. The number of aliphatic hydroxyl groups excluding tert-OH is 2. The first kappa shape index (κ1) is 23.4. The zero-order valence-electron chi connectivity index (χ0n) is 20.0. The molecule has 2 heteroatoms. The molecule has 1 unspecified atom stereocenters. The highest BCUT2D eigenvalue weighted by Gasteiger charge is 2.50. The third-order valence-corrected chi connectivity index (χ3v) is 8.76. The van der Waals surface area contributed by atoms with Gasteiger partial charge in [-0.05, 0) is 92.1 Å². The molecule has 3 aliphatic carbocycles. The van der Waals surface area contributed by atoms with Crippen molar-refractivity contribution >= 4 is 0 Å². The molecule has 168 valence electrons. The molecule has 3 saturated carbocycles. The monoisotopic (exact) mass is 412 g/mol. The van der Waals surface area contributed by atoms with E-state index in [4.69, 9.17) is 0 Å². The van der Waals surface area contributed by atoms with Crippen molar-refractivity contribution in [2.75, 3.05) is 0 Å². The number of allylic oxidation sites excluding steroid dienone is 6. The van der Waals surface area contributed by atoms with Gasteiger partial charge >= 0.3 is 0 Å². The Morgan fingerprint density at radius 3 is 2.53 bits per heavy atom. The topological polar surface area (TPSA) is 40.5 Å². The standard InChI is InChI=1S/C28H44O2/c1-18(2)21(5)27(30)16-20(4)25-13-14-26-22(8-7-15-28(25,26)6)10-11-23-17-24(29)12-9-19(23)3/h10-11,16,18,20-21,24-26,29-30H,3,7-9,12-15,17H2,1-2,4-6H3/b22-10+,23-11-,27-16-/t20-,21-,24+,25-,26?,28-/m1/s1. The predicted octanol–water partition coefficient (Wildman–Crippen LogP) is 7.53. The Morgan fingerprint density at radius 1 is 1.10 bits per heavy atom. The molecule has 3 rings (SSSR count). The van der Waals surface area contributed by atoms with Gasteiger partial charge in [-0.25, -0.2) is 0 Å². The Labute approximate surface area is 184 Å². The van der Waals surface area contributed by atoms with Crippen LogP contribution in [-0.4, -0.2) is 16.3 Å². The van der Waals surface area contributed by atoms with Crippen molar-refractivity contribution in [3.63, 3.8) is 0 Å². The summed E-state index contributed by atoms with van der Waals surface area (Å²) in [6.45, 7) is 15.5. The lowest BCUT2D eigenvalue weighted by Crippen LogP contribution is -2.35. The Bertz CT molecular complexity index is 725. The lowest BCUT2D eigenvalue weighted by Gasteiger charge is -2.44. The molecule has 0 amide bonds. The smallest absolute Gasteiger partial charge is 0.0916 e. The van der Waals surface area contributed by atoms with Crippen LogP contribution >= 0.6 is 0 Å². The van der Waals surface area contributed by atoms with Crippen LogP contribution in [0.2, 0.25) is 0 Å². The van der Waals surface area contributed by atoms with Gasteiger partial charge in [0.25, 0.3) is 0 Å². The van der Waals surface area contributed by atoms with Crippen molar-refractivity contribution in [1.82, 2.24) is 0 Å². The average Bonchev–Trinajstić information content (AvgIpc) is 3.05. The zero-order chi connectivity index (χ0) is 22.1. The maximum absolute atomic E-state index is 10.6. The van der Waals surface area contributed by atoms with Crippen molar-refractivity contribution in [2.24, 2.45) is 35.0 Å². The highest BCUT2D eigenvalue weighted by atomic mass is 16.3. The van der Waals surface area contributed by atoms with E-state index in [1.165, 1.54) is 43.3 Å². The Balaban J connectivity index is 1.78. The summed E-state index contributed by atoms with van der Waals surface area (Å²) in [6, 6.07) is 0. The molecule has 0 radical (unpaired) electrons. The summed E-state index contributed by atoms with van der Waals surface area (Å²) >= 11 is 0. The van der Waals surface area contributed by atoms with E-state index in [2.05, 4.69) is 59.4 Å². The number of rotatable bonds is 5. The lowest BCUT2D eigenvalue weighted by atomic mass is 9.61. The fraction of sp³-hybridized carbons (Fsp3) is 0.714. The van der Waals surface area contributed by atoms with E-state index in [0.29, 0.717) is 34.8 Å². The quantitative estimate of drug-likeness (QED) is 0.458. The molecule has 3 fully saturated rings. The SMILES string of the molecule is C=C1CC[C@H](O)C/C1=C/C=C1\CCC[C@@]2(C)C1CC[C@@H]2[C@H](C)/C=C(\O)[C@H](C)C(C)C. The molecule has 0 aromatic carbocycles. The molecule has 0 bridgehead atoms. The molecular formula is C28H44O2. The number of aliphatic hydroxyl groups is 2. The lowest BCUT2D eigenvalue weighted by molar-refractivity contribution is 0.110. The van der Waals surface area contributed by atoms with Gasteiger partial charge in [-0.1, -0.05) is 64.5 Å². The van der Waals surface area contributed by atoms with E-state index >= 15 is 0 Å². The molecule has 0 aromatic heterocycles. The molecule has 0 aliphatic heterocycles. The summed E-state index contributed by atoms with van der Waals surface area (Å²) in [5, 5.41) is 20.7. The molecule has 2 N–H and O–H groups in total. The van der Waals surface area contributed by atoms with Gasteiger partial charge in [-0.3, -0.25) is 0 Å². The van der Waals surface area contributed by atoms with Gasteiger partial charge in [0.1, 0.15) is 0 Å². The Hall–Kier alpha value is -1.28. The van der Waals surface area contributed by atoms with Crippen LogP contribution in [0.4, 0.5) is 0 Å². The maximum Gasteiger partial charge on any atom is 0.0916 e. The van der Waals surface area contributed by atoms with Crippen LogP contribution in [-0.2, 0) is 0 Å². The Morgan fingerprint density at radius 2 is 1.83 bits per heavy atom. The van der Waals surface area contributed by atoms with Crippen LogP contribution in [0.3, 0.4) is 0 Å². The van der Waals surface area contributed by atoms with E-state index in [0.717, 1.165) is 19.3 Å². The van der Waals surface area contributed by atoms with E-state index in [1.54, 1.807) is 5.57 Å². The van der Waals surface area contributed by atoms with Gasteiger partial charge in [0.2, 0.25) is 0 Å². The largest absolute Gasteiger partial charge is 0.512 e. The van der Waals surface area contributed by atoms with E-state index in [1.807, 2.05) is 0 Å². The van der Waals surface area contributed by atoms with E-state index in [-0.39, 0.29) is 12.0 Å². The van der Waals surface area contributed by atoms with Crippen LogP contribution < -0.4 is 0 Å². The summed E-state index contributed by atoms with van der Waals surface area (Å²) in [6.07, 6.45) is 15.4. The second-order valence-electron chi connectivity index (χ2n) is 11.0. The van der Waals surface area contributed by atoms with Crippen molar-refractivity contribution in [3.05, 3.63) is 47.3 Å². The molecule has 6 atom stereocenters. The zero-order valence-corrected chi connectivity index (χ0v) is 20.0. The minimum absolute atomic E-state index is 0.207. The van der Waals surface area contributed by atoms with Gasteiger partial charge in [0.05, 0.1) is 11.9 Å². The summed E-state index contributed by atoms with van der Waals surface area (Å²) in [7, 11) is 0. The van der Waals surface area contributed by atoms with E-state index in [9.17, 15) is 10.2 Å². The minimum Gasteiger partial charge on any atom is -0.512 e. The highest BCUT2D eigenvalue weighted by molar-refractivity contribution is 5.36. The summed E-state index contributed by atoms with van der Waals surface area (Å²) in [5.74, 6) is 2.96. The fourth-order valence-corrected chi connectivity index (χ4v) is 6.42. The second kappa shape index (κ2) is 9.47. The first-order valence-corrected chi connectivity index (χ1v) is 12.3. The summed E-state index contributed by atoms with van der Waals surface area (Å²) in [5.41, 5.74) is 4.37. The Kier molecular flexibility index (Phi) is 7.38. The number of hydrogen-bond acceptors (Lipinski definition) is 2. The van der Waals surface area contributed by atoms with Crippen LogP contribution in [0.1, 0.15) is 86.0 Å². The third kappa shape index (κ3) is 4.79. The van der Waals surface area contributed by atoms with Gasteiger partial charge in [0.15, 0.2) is 0 Å². The molecule has 0 aromatic rings. The molecule has 3 aliphatic rings. The average molecular weight is 413 g/mol. The van der Waals surface area contributed by atoms with Gasteiger partial charge < -0.3 is 10.2 Å². The summed E-state index contributed by atoms with van der Waals surface area (Å²) in [4.78, 5) is 0. The maximum atomic E-state index is 10.6. The fourth-order valence-electron chi connectivity index (χ4n) is 6.42. The molecule has 30 heavy (non-hydrogen) atoms. The minimum atomic E-state index is -0.207. The van der Waals surface area contributed by atoms with Crippen molar-refractivity contribution < 1.29 is 10.2 Å².